The summed E-state index contributed by atoms with van der Waals surface area (Å²) >= 11 is 6.31. The Morgan fingerprint density at radius 2 is 1.65 bits per heavy atom. The highest BCUT2D eigenvalue weighted by atomic mass is 35.5. The number of hydrogen-bond donors (Lipinski definition) is 2. The van der Waals surface area contributed by atoms with Gasteiger partial charge in [-0.3, -0.25) is 0 Å². The monoisotopic (exact) mass is 472 g/mol. The Labute approximate surface area is 194 Å². The van der Waals surface area contributed by atoms with E-state index in [0.717, 1.165) is 36.9 Å². The molecule has 0 bridgehead atoms. The van der Waals surface area contributed by atoms with Gasteiger partial charge in [-0.15, -0.1) is 0 Å². The van der Waals surface area contributed by atoms with E-state index >= 15 is 0 Å². The predicted molar refractivity (Wildman–Crippen MR) is 117 cm³/mol. The van der Waals surface area contributed by atoms with Crippen LogP contribution in [0.1, 0.15) is 0 Å². The number of aliphatic hydroxyl groups excluding tert-OH is 1. The summed E-state index contributed by atoms with van der Waals surface area (Å²) in [6, 6.07) is 11.4. The lowest BCUT2D eigenvalue weighted by Gasteiger charge is -2.34. The van der Waals surface area contributed by atoms with E-state index in [4.69, 9.17) is 30.5 Å². The highest BCUT2D eigenvalue weighted by Gasteiger charge is 2.24. The van der Waals surface area contributed by atoms with Gasteiger partial charge >= 0.3 is 0 Å². The minimum atomic E-state index is -0.578. The van der Waals surface area contributed by atoms with E-state index in [2.05, 4.69) is 4.90 Å². The zero-order chi connectivity index (χ0) is 21.5. The van der Waals surface area contributed by atoms with Gasteiger partial charge in [0.15, 0.2) is 11.5 Å². The van der Waals surface area contributed by atoms with Crippen molar-refractivity contribution >= 4 is 17.3 Å². The Bertz CT molecular complexity index is 806. The first-order valence-corrected chi connectivity index (χ1v) is 10.4. The van der Waals surface area contributed by atoms with Crippen molar-refractivity contribution in [1.29, 1.82) is 0 Å². The molecule has 172 valence electrons. The minimum Gasteiger partial charge on any atom is -1.00 e. The Morgan fingerprint density at radius 3 is 2.19 bits per heavy atom. The van der Waals surface area contributed by atoms with Gasteiger partial charge in [0, 0.05) is 12.1 Å². The fourth-order valence-electron chi connectivity index (χ4n) is 3.70. The Kier molecular flexibility index (Phi) is 9.84. The first-order valence-electron chi connectivity index (χ1n) is 9.99. The molecule has 2 aromatic carbocycles. The molecule has 1 saturated heterocycles. The lowest BCUT2D eigenvalue weighted by molar-refractivity contribution is -0.903. The average molecular weight is 473 g/mol. The van der Waals surface area contributed by atoms with Gasteiger partial charge in [0.25, 0.3) is 0 Å². The normalized spacial score (nSPS) is 15.1. The molecule has 0 aliphatic carbocycles. The summed E-state index contributed by atoms with van der Waals surface area (Å²) in [5, 5.41) is 11.3. The number of nitrogens with zero attached hydrogens (tertiary/aromatic N) is 1. The number of hydrogen-bond acceptors (Lipinski definition) is 6. The molecule has 9 heteroatoms. The molecule has 0 radical (unpaired) electrons. The molecule has 1 heterocycles. The summed E-state index contributed by atoms with van der Waals surface area (Å²) in [6.45, 7) is 4.50. The molecule has 2 aromatic rings. The lowest BCUT2D eigenvalue weighted by Crippen LogP contribution is -3.16. The third-order valence-electron chi connectivity index (χ3n) is 5.27. The topological polar surface area (TPSA) is 64.8 Å². The maximum absolute atomic E-state index is 10.5. The number of benzene rings is 2. The second kappa shape index (κ2) is 12.1. The first kappa shape index (κ1) is 25.2. The number of aliphatic hydroxyl groups is 1. The largest absolute Gasteiger partial charge is 1.00 e. The molecule has 0 amide bonds. The molecule has 7 nitrogen and oxygen atoms in total. The van der Waals surface area contributed by atoms with Crippen LogP contribution < -0.4 is 41.2 Å². The molecule has 1 atom stereocenters. The van der Waals surface area contributed by atoms with Gasteiger partial charge < -0.3 is 46.3 Å². The minimum absolute atomic E-state index is 0. The number of halogens is 2. The van der Waals surface area contributed by atoms with Gasteiger partial charge in [0.1, 0.15) is 25.0 Å². The Hall–Kier alpha value is -2.06. The summed E-state index contributed by atoms with van der Waals surface area (Å²) in [6.07, 6.45) is -0.578. The van der Waals surface area contributed by atoms with Gasteiger partial charge in [-0.25, -0.2) is 0 Å². The van der Waals surface area contributed by atoms with Crippen LogP contribution in [0, 0.1) is 0 Å². The van der Waals surface area contributed by atoms with Crippen molar-refractivity contribution in [3.05, 3.63) is 41.4 Å². The van der Waals surface area contributed by atoms with E-state index in [1.807, 2.05) is 24.3 Å². The molecule has 1 aliphatic rings. The van der Waals surface area contributed by atoms with Crippen LogP contribution in [0.25, 0.3) is 0 Å². The third kappa shape index (κ3) is 6.46. The van der Waals surface area contributed by atoms with Crippen molar-refractivity contribution in [2.75, 3.05) is 65.6 Å². The van der Waals surface area contributed by atoms with E-state index in [0.29, 0.717) is 29.5 Å². The summed E-state index contributed by atoms with van der Waals surface area (Å²) in [5.74, 6) is 2.10. The summed E-state index contributed by atoms with van der Waals surface area (Å²) < 4.78 is 21.8. The van der Waals surface area contributed by atoms with E-state index in [1.54, 1.807) is 33.5 Å². The van der Waals surface area contributed by atoms with Crippen molar-refractivity contribution in [1.82, 2.24) is 0 Å². The maximum atomic E-state index is 10.5. The second-order valence-electron chi connectivity index (χ2n) is 7.22. The second-order valence-corrected chi connectivity index (χ2v) is 7.63. The molecular weight excluding hydrogens is 443 g/mol. The smallest absolute Gasteiger partial charge is 0.203 e. The summed E-state index contributed by atoms with van der Waals surface area (Å²) in [4.78, 5) is 3.64. The fraction of sp³-hybridized carbons (Fsp3) is 0.455. The highest BCUT2D eigenvalue weighted by Crippen LogP contribution is 2.40. The number of quaternary nitrogens is 1. The standard InChI is InChI=1S/C22H29ClN2O5.ClH/c1-27-20-12-17(13-21(28-2)22(20)29-3)30-15-16(26)14-24-8-10-25(11-9-24)19-7-5-4-6-18(19)23;/h4-7,12-13,16,26H,8-11,14-15H2,1-3H3;1H. The van der Waals surface area contributed by atoms with Gasteiger partial charge in [-0.05, 0) is 12.1 Å². The molecule has 3 rings (SSSR count). The third-order valence-corrected chi connectivity index (χ3v) is 5.59. The van der Waals surface area contributed by atoms with Crippen LogP contribution in [0.4, 0.5) is 5.69 Å². The molecule has 0 saturated carbocycles. The van der Waals surface area contributed by atoms with E-state index in [9.17, 15) is 5.11 Å². The van der Waals surface area contributed by atoms with E-state index in [1.165, 1.54) is 4.90 Å². The molecule has 2 N–H and O–H groups in total. The fourth-order valence-corrected chi connectivity index (χ4v) is 3.96. The number of nitrogens with one attached hydrogen (secondary N) is 1. The molecule has 0 aromatic heterocycles. The molecular formula is C22H30Cl2N2O5. The summed E-state index contributed by atoms with van der Waals surface area (Å²) in [7, 11) is 4.67. The molecule has 1 unspecified atom stereocenters. The van der Waals surface area contributed by atoms with Crippen molar-refractivity contribution in [3.8, 4) is 23.0 Å². The van der Waals surface area contributed by atoms with Crippen LogP contribution in [-0.4, -0.2) is 71.9 Å². The van der Waals surface area contributed by atoms with E-state index < -0.39 is 6.10 Å². The van der Waals surface area contributed by atoms with Crippen molar-refractivity contribution in [2.24, 2.45) is 0 Å². The number of methoxy groups -OCH3 is 3. The first-order chi connectivity index (χ1) is 14.5. The van der Waals surface area contributed by atoms with Gasteiger partial charge in [-0.1, -0.05) is 23.7 Å². The lowest BCUT2D eigenvalue weighted by atomic mass is 10.2. The number of ether oxygens (including phenoxy) is 4. The van der Waals surface area contributed by atoms with Gasteiger partial charge in [-0.2, -0.15) is 0 Å². The molecule has 1 aliphatic heterocycles. The van der Waals surface area contributed by atoms with Crippen LogP contribution in [0.2, 0.25) is 5.02 Å². The van der Waals surface area contributed by atoms with Crippen LogP contribution in [0.5, 0.6) is 23.0 Å². The van der Waals surface area contributed by atoms with Crippen LogP contribution in [-0.2, 0) is 0 Å². The molecule has 31 heavy (non-hydrogen) atoms. The van der Waals surface area contributed by atoms with Gasteiger partial charge in [0.05, 0.1) is 58.2 Å². The molecule has 1 fully saturated rings. The Balaban J connectivity index is 0.00000341. The average Bonchev–Trinajstić information content (AvgIpc) is 2.77. The molecule has 0 spiro atoms. The maximum Gasteiger partial charge on any atom is 0.203 e. The van der Waals surface area contributed by atoms with Crippen LogP contribution in [0.15, 0.2) is 36.4 Å². The van der Waals surface area contributed by atoms with Crippen molar-refractivity contribution in [3.63, 3.8) is 0 Å². The van der Waals surface area contributed by atoms with Crippen LogP contribution >= 0.6 is 11.6 Å². The number of para-hydroxylation sites is 1. The zero-order valence-corrected chi connectivity index (χ0v) is 19.6. The van der Waals surface area contributed by atoms with Crippen molar-refractivity contribution < 1.29 is 41.4 Å². The number of anilines is 1. The SMILES string of the molecule is COc1cc(OCC(O)C[NH+]2CCN(c3ccccc3Cl)CC2)cc(OC)c1OC.[Cl-]. The summed E-state index contributed by atoms with van der Waals surface area (Å²) in [5.41, 5.74) is 1.07. The predicted octanol–water partition coefficient (Wildman–Crippen LogP) is -1.49. The van der Waals surface area contributed by atoms with E-state index in [-0.39, 0.29) is 19.0 Å². The Morgan fingerprint density at radius 1 is 1.03 bits per heavy atom. The number of piperazine rings is 1. The van der Waals surface area contributed by atoms with Gasteiger partial charge in [0.2, 0.25) is 5.75 Å². The quantitative estimate of drug-likeness (QED) is 0.463. The number of rotatable bonds is 9. The van der Waals surface area contributed by atoms with Crippen molar-refractivity contribution in [2.45, 2.75) is 6.10 Å². The van der Waals surface area contributed by atoms with Crippen LogP contribution in [0.3, 0.4) is 0 Å². The highest BCUT2D eigenvalue weighted by molar-refractivity contribution is 6.33. The zero-order valence-electron chi connectivity index (χ0n) is 18.1.